The minimum atomic E-state index is -0.833. The van der Waals surface area contributed by atoms with Crippen molar-refractivity contribution in [1.29, 1.82) is 0 Å². The van der Waals surface area contributed by atoms with Crippen LogP contribution in [0.15, 0.2) is 41.5 Å². The van der Waals surface area contributed by atoms with Crippen molar-refractivity contribution in [3.8, 4) is 5.75 Å². The van der Waals surface area contributed by atoms with E-state index in [4.69, 9.17) is 33.1 Å². The zero-order valence-electron chi connectivity index (χ0n) is 19.2. The van der Waals surface area contributed by atoms with Crippen LogP contribution in [0.2, 0.25) is 10.0 Å². The third-order valence-electron chi connectivity index (χ3n) is 4.79. The topological polar surface area (TPSA) is 136 Å². The predicted molar refractivity (Wildman–Crippen MR) is 138 cm³/mol. The van der Waals surface area contributed by atoms with Gasteiger partial charge < -0.3 is 20.4 Å². The van der Waals surface area contributed by atoms with E-state index in [1.165, 1.54) is 36.9 Å². The Bertz CT molecular complexity index is 1220. The molecule has 2 aromatic carbocycles. The van der Waals surface area contributed by atoms with Gasteiger partial charge in [-0.3, -0.25) is 4.79 Å². The number of hydrazone groups is 1. The fourth-order valence-electron chi connectivity index (χ4n) is 3.21. The summed E-state index contributed by atoms with van der Waals surface area (Å²) >= 11 is 11.9. The number of nitrogens with zero attached hydrogens (tertiary/aromatic N) is 5. The quantitative estimate of drug-likeness (QED) is 0.245. The number of phenolic OH excluding ortho intramolecular Hbond substituents is 1. The summed E-state index contributed by atoms with van der Waals surface area (Å²) in [5.41, 5.74) is 3.73. The van der Waals surface area contributed by atoms with Gasteiger partial charge in [-0.1, -0.05) is 23.2 Å². The van der Waals surface area contributed by atoms with Crippen molar-refractivity contribution in [1.82, 2.24) is 15.0 Å². The zero-order valence-corrected chi connectivity index (χ0v) is 20.8. The van der Waals surface area contributed by atoms with Crippen molar-refractivity contribution in [2.45, 2.75) is 26.2 Å². The van der Waals surface area contributed by atoms with Gasteiger partial charge in [-0.2, -0.15) is 20.1 Å². The second-order valence-electron chi connectivity index (χ2n) is 7.68. The van der Waals surface area contributed by atoms with Gasteiger partial charge in [-0.05, 0) is 55.7 Å². The van der Waals surface area contributed by atoms with E-state index in [9.17, 15) is 9.50 Å². The van der Waals surface area contributed by atoms with E-state index < -0.39 is 5.97 Å². The Labute approximate surface area is 216 Å². The largest absolute Gasteiger partial charge is 0.506 e. The Balaban J connectivity index is 0.000000840. The molecule has 1 aliphatic rings. The normalized spacial score (nSPS) is 13.2. The third kappa shape index (κ3) is 8.21. The SMILES string of the molecule is CC(=O)O.Oc1c(Cl)cc(Cl)cc1C=NNc1nc(Nc2ccc(F)cc2)nc(N2CCCCC2)n1. The van der Waals surface area contributed by atoms with Crippen LogP contribution in [-0.2, 0) is 4.79 Å². The first kappa shape index (κ1) is 26.9. The first-order chi connectivity index (χ1) is 17.2. The molecule has 190 valence electrons. The first-order valence-corrected chi connectivity index (χ1v) is 11.7. The molecule has 10 nitrogen and oxygen atoms in total. The maximum Gasteiger partial charge on any atom is 0.300 e. The van der Waals surface area contributed by atoms with Crippen LogP contribution in [0, 0.1) is 5.82 Å². The zero-order chi connectivity index (χ0) is 26.1. The van der Waals surface area contributed by atoms with Crippen molar-refractivity contribution < 1.29 is 19.4 Å². The molecule has 0 spiro atoms. The third-order valence-corrected chi connectivity index (χ3v) is 5.30. The van der Waals surface area contributed by atoms with Crippen LogP contribution >= 0.6 is 23.2 Å². The number of nitrogens with one attached hydrogen (secondary N) is 2. The van der Waals surface area contributed by atoms with Crippen molar-refractivity contribution in [2.24, 2.45) is 5.10 Å². The van der Waals surface area contributed by atoms with Gasteiger partial charge in [0.25, 0.3) is 5.97 Å². The van der Waals surface area contributed by atoms with Crippen molar-refractivity contribution in [3.05, 3.63) is 57.8 Å². The molecule has 0 radical (unpaired) electrons. The molecule has 0 amide bonds. The van der Waals surface area contributed by atoms with E-state index in [1.54, 1.807) is 12.1 Å². The van der Waals surface area contributed by atoms with Gasteiger partial charge in [0.15, 0.2) is 0 Å². The van der Waals surface area contributed by atoms with Crippen LogP contribution in [0.25, 0.3) is 0 Å². The fraction of sp³-hybridized carbons (Fsp3) is 0.261. The lowest BCUT2D eigenvalue weighted by Gasteiger charge is -2.26. The summed E-state index contributed by atoms with van der Waals surface area (Å²) in [6, 6.07) is 8.85. The fourth-order valence-corrected chi connectivity index (χ4v) is 3.72. The van der Waals surface area contributed by atoms with Gasteiger partial charge in [0.1, 0.15) is 11.6 Å². The maximum absolute atomic E-state index is 13.2. The minimum Gasteiger partial charge on any atom is -0.506 e. The molecular weight excluding hydrogens is 512 g/mol. The molecule has 1 aromatic heterocycles. The number of benzene rings is 2. The number of anilines is 4. The number of aliphatic carboxylic acids is 1. The Hall–Kier alpha value is -3.70. The van der Waals surface area contributed by atoms with Gasteiger partial charge in [0.05, 0.1) is 11.2 Å². The van der Waals surface area contributed by atoms with Crippen LogP contribution in [-0.4, -0.2) is 50.4 Å². The van der Waals surface area contributed by atoms with Crippen LogP contribution in [0.4, 0.5) is 27.9 Å². The van der Waals surface area contributed by atoms with Gasteiger partial charge >= 0.3 is 0 Å². The van der Waals surface area contributed by atoms with Gasteiger partial charge in [0, 0.05) is 36.3 Å². The lowest BCUT2D eigenvalue weighted by atomic mass is 10.1. The average molecular weight is 536 g/mol. The van der Waals surface area contributed by atoms with E-state index in [0.29, 0.717) is 28.2 Å². The van der Waals surface area contributed by atoms with E-state index in [-0.39, 0.29) is 22.5 Å². The Morgan fingerprint density at radius 3 is 2.39 bits per heavy atom. The number of aromatic hydroxyl groups is 1. The molecule has 1 aliphatic heterocycles. The molecule has 4 N–H and O–H groups in total. The van der Waals surface area contributed by atoms with E-state index >= 15 is 0 Å². The predicted octanol–water partition coefficient (Wildman–Crippen LogP) is 5.29. The Morgan fingerprint density at radius 2 is 1.72 bits per heavy atom. The Kier molecular flexibility index (Phi) is 9.60. The van der Waals surface area contributed by atoms with Gasteiger partial charge in [0.2, 0.25) is 17.8 Å². The number of aromatic nitrogens is 3. The average Bonchev–Trinajstić information content (AvgIpc) is 2.84. The molecule has 13 heteroatoms. The molecule has 0 saturated carbocycles. The summed E-state index contributed by atoms with van der Waals surface area (Å²) in [6.07, 6.45) is 4.65. The standard InChI is InChI=1S/C21H20Cl2FN7O.C2H4O2/c22-14-10-13(18(32)17(23)11-14)12-25-30-20-27-19(26-16-6-4-15(24)5-7-16)28-21(29-20)31-8-2-1-3-9-31;1-2(3)4/h4-7,10-12,32H,1-3,8-9H2,(H2,26,27,28,29,30);1H3,(H,3,4). The van der Waals surface area contributed by atoms with Crippen molar-refractivity contribution in [3.63, 3.8) is 0 Å². The monoisotopic (exact) mass is 535 g/mol. The number of carbonyl (C=O) groups is 1. The van der Waals surface area contributed by atoms with Crippen LogP contribution < -0.4 is 15.6 Å². The number of halogens is 3. The second-order valence-corrected chi connectivity index (χ2v) is 8.52. The lowest BCUT2D eigenvalue weighted by molar-refractivity contribution is -0.134. The number of rotatable bonds is 6. The molecular formula is C23H24Cl2FN7O3. The number of hydrogen-bond acceptors (Lipinski definition) is 9. The molecule has 1 fully saturated rings. The highest BCUT2D eigenvalue weighted by Gasteiger charge is 2.16. The highest BCUT2D eigenvalue weighted by atomic mass is 35.5. The number of phenols is 1. The molecule has 3 aromatic rings. The van der Waals surface area contributed by atoms with Crippen LogP contribution in [0.3, 0.4) is 0 Å². The highest BCUT2D eigenvalue weighted by molar-refractivity contribution is 6.36. The van der Waals surface area contributed by atoms with E-state index in [2.05, 4.69) is 35.7 Å². The van der Waals surface area contributed by atoms with E-state index in [1.807, 2.05) is 0 Å². The number of carboxylic acids is 1. The molecule has 2 heterocycles. The smallest absolute Gasteiger partial charge is 0.300 e. The molecule has 0 aliphatic carbocycles. The molecule has 4 rings (SSSR count). The van der Waals surface area contributed by atoms with Gasteiger partial charge in [-0.15, -0.1) is 0 Å². The molecule has 36 heavy (non-hydrogen) atoms. The summed E-state index contributed by atoms with van der Waals surface area (Å²) in [5, 5.41) is 25.1. The van der Waals surface area contributed by atoms with Crippen LogP contribution in [0.1, 0.15) is 31.7 Å². The van der Waals surface area contributed by atoms with Crippen molar-refractivity contribution >= 4 is 58.9 Å². The summed E-state index contributed by atoms with van der Waals surface area (Å²) in [5.74, 6) is -0.297. The number of hydrogen-bond donors (Lipinski definition) is 4. The summed E-state index contributed by atoms with van der Waals surface area (Å²) < 4.78 is 13.2. The van der Waals surface area contributed by atoms with Crippen LogP contribution in [0.5, 0.6) is 5.75 Å². The Morgan fingerprint density at radius 1 is 1.08 bits per heavy atom. The minimum absolute atomic E-state index is 0.122. The summed E-state index contributed by atoms with van der Waals surface area (Å²) in [4.78, 5) is 24.4. The maximum atomic E-state index is 13.2. The first-order valence-electron chi connectivity index (χ1n) is 10.9. The summed E-state index contributed by atoms with van der Waals surface area (Å²) in [6.45, 7) is 2.77. The number of carboxylic acid groups (broad SMARTS) is 1. The second kappa shape index (κ2) is 12.8. The molecule has 1 saturated heterocycles. The molecule has 0 atom stereocenters. The highest BCUT2D eigenvalue weighted by Crippen LogP contribution is 2.30. The van der Waals surface area contributed by atoms with E-state index in [0.717, 1.165) is 32.9 Å². The van der Waals surface area contributed by atoms with Crippen molar-refractivity contribution in [2.75, 3.05) is 28.7 Å². The van der Waals surface area contributed by atoms with Gasteiger partial charge in [-0.25, -0.2) is 9.82 Å². The molecule has 0 unspecified atom stereocenters. The number of piperidine rings is 1. The summed E-state index contributed by atoms with van der Waals surface area (Å²) in [7, 11) is 0. The molecule has 0 bridgehead atoms. The lowest BCUT2D eigenvalue weighted by Crippen LogP contribution is -2.31.